The van der Waals surface area contributed by atoms with E-state index in [1.54, 1.807) is 30.0 Å². The van der Waals surface area contributed by atoms with Gasteiger partial charge in [-0.1, -0.05) is 0 Å². The van der Waals surface area contributed by atoms with E-state index < -0.39 is 40.3 Å². The van der Waals surface area contributed by atoms with Crippen molar-refractivity contribution in [3.8, 4) is 0 Å². The van der Waals surface area contributed by atoms with E-state index in [9.17, 15) is 31.1 Å². The van der Waals surface area contributed by atoms with Gasteiger partial charge in [0.1, 0.15) is 0 Å². The maximum atomic E-state index is 14.1. The van der Waals surface area contributed by atoms with Crippen LogP contribution in [0.1, 0.15) is 5.56 Å². The normalized spacial score (nSPS) is 18.0. The second-order valence-corrected chi connectivity index (χ2v) is 9.45. The van der Waals surface area contributed by atoms with Crippen LogP contribution in [0.3, 0.4) is 0 Å². The van der Waals surface area contributed by atoms with Crippen molar-refractivity contribution in [1.29, 1.82) is 0 Å². The van der Waals surface area contributed by atoms with E-state index in [1.165, 1.54) is 18.2 Å². The fraction of sp³-hybridized carbons (Fsp3) is 0.381. The lowest BCUT2D eigenvalue weighted by Crippen LogP contribution is -2.43. The zero-order chi connectivity index (χ0) is 24.8. The number of nitrogens with zero attached hydrogens (tertiary/aromatic N) is 3. The molecule has 6 nitrogen and oxygen atoms in total. The minimum Gasteiger partial charge on any atom is -0.388 e. The maximum Gasteiger partial charge on any atom is 0.492 e. The van der Waals surface area contributed by atoms with Gasteiger partial charge in [0.15, 0.2) is 0 Å². The number of carbonyl (C=O) groups excluding carboxylic acids is 1. The number of rotatable bonds is 3. The standard InChI is InChI=1S/C21H20F6N4O2S/c1-30(2)12-3-4-15-16(10-12)34(33-19(32)21(25,26)27)17-11-13(31-7-5-28-6-8-31)9-14(18(17)29-15)20(22,23)24/h3-4,9-11,28H,5-8H2,1-2H3. The van der Waals surface area contributed by atoms with Gasteiger partial charge in [-0.2, -0.15) is 26.3 Å². The number of benzene rings is 2. The molecule has 1 N–H and O–H groups in total. The van der Waals surface area contributed by atoms with Crippen LogP contribution in [-0.4, -0.2) is 52.4 Å². The minimum atomic E-state index is -5.32. The number of nitrogens with one attached hydrogen (secondary N) is 1. The SMILES string of the molecule is CN(C)c1ccc2c(c1)=S(OC(=O)C(F)(F)F)c1cc(N3CCNCC3)cc(C(F)(F)F)c1N=2. The summed E-state index contributed by atoms with van der Waals surface area (Å²) in [5.74, 6) is -2.48. The molecule has 0 saturated carbocycles. The molecule has 0 amide bonds. The number of anilines is 2. The van der Waals surface area contributed by atoms with Gasteiger partial charge in [-0.15, -0.1) is 0 Å². The third-order valence-electron chi connectivity index (χ3n) is 5.33. The summed E-state index contributed by atoms with van der Waals surface area (Å²) in [7, 11) is 1.30. The molecule has 13 heteroatoms. The van der Waals surface area contributed by atoms with E-state index in [-0.39, 0.29) is 20.5 Å². The Balaban J connectivity index is 2.03. The highest BCUT2D eigenvalue weighted by Gasteiger charge is 2.43. The maximum absolute atomic E-state index is 14.1. The lowest BCUT2D eigenvalue weighted by atomic mass is 10.1. The van der Waals surface area contributed by atoms with Crippen LogP contribution < -0.4 is 20.5 Å². The Bertz CT molecular complexity index is 1250. The lowest BCUT2D eigenvalue weighted by Gasteiger charge is -2.31. The fourth-order valence-electron chi connectivity index (χ4n) is 3.65. The molecule has 34 heavy (non-hydrogen) atoms. The van der Waals surface area contributed by atoms with Crippen LogP contribution in [0.4, 0.5) is 43.4 Å². The van der Waals surface area contributed by atoms with Crippen LogP contribution in [0.15, 0.2) is 40.2 Å². The Morgan fingerprint density at radius 3 is 2.35 bits per heavy atom. The molecule has 1 saturated heterocycles. The van der Waals surface area contributed by atoms with E-state index in [4.69, 9.17) is 4.18 Å². The Labute approximate surface area is 192 Å². The molecule has 1 atom stereocenters. The van der Waals surface area contributed by atoms with Gasteiger partial charge in [0.2, 0.25) is 0 Å². The molecule has 2 aromatic rings. The Morgan fingerprint density at radius 2 is 1.76 bits per heavy atom. The molecule has 2 aliphatic rings. The average Bonchev–Trinajstić information content (AvgIpc) is 2.77. The Kier molecular flexibility index (Phi) is 6.27. The van der Waals surface area contributed by atoms with Crippen molar-refractivity contribution in [2.45, 2.75) is 17.2 Å². The third kappa shape index (κ3) is 4.71. The molecule has 1 unspecified atom stereocenters. The molecule has 2 aliphatic heterocycles. The number of halogens is 6. The van der Waals surface area contributed by atoms with Gasteiger partial charge in [0, 0.05) is 62.4 Å². The van der Waals surface area contributed by atoms with E-state index in [0.29, 0.717) is 31.9 Å². The van der Waals surface area contributed by atoms with Crippen LogP contribution >= 0.6 is 10.8 Å². The van der Waals surface area contributed by atoms with E-state index in [0.717, 1.165) is 6.07 Å². The lowest BCUT2D eigenvalue weighted by molar-refractivity contribution is -0.188. The van der Waals surface area contributed by atoms with Gasteiger partial charge in [0.05, 0.1) is 26.0 Å². The number of carbonyl (C=O) groups is 1. The predicted molar refractivity (Wildman–Crippen MR) is 115 cm³/mol. The van der Waals surface area contributed by atoms with Crippen molar-refractivity contribution in [2.24, 2.45) is 4.99 Å². The van der Waals surface area contributed by atoms with Crippen LogP contribution in [-0.2, 0) is 15.2 Å². The minimum absolute atomic E-state index is 0.0110. The van der Waals surface area contributed by atoms with Gasteiger partial charge in [0.25, 0.3) is 0 Å². The summed E-state index contributed by atoms with van der Waals surface area (Å²) in [6, 6.07) is 6.74. The van der Waals surface area contributed by atoms with E-state index in [1.807, 2.05) is 0 Å². The number of hydrogen-bond acceptors (Lipinski definition) is 6. The zero-order valence-corrected chi connectivity index (χ0v) is 18.9. The van der Waals surface area contributed by atoms with Crippen molar-refractivity contribution in [1.82, 2.24) is 5.32 Å². The molecular formula is C21H20F6N4O2S. The van der Waals surface area contributed by atoms with Crippen molar-refractivity contribution in [3.05, 3.63) is 45.8 Å². The highest BCUT2D eigenvalue weighted by molar-refractivity contribution is 8.05. The average molecular weight is 506 g/mol. The van der Waals surface area contributed by atoms with Crippen LogP contribution in [0, 0.1) is 4.51 Å². The van der Waals surface area contributed by atoms with Crippen molar-refractivity contribution < 1.29 is 35.3 Å². The number of alkyl halides is 6. The Hall–Kier alpha value is -2.80. The first kappa shape index (κ1) is 24.3. The number of fused-ring (bicyclic) bond motifs is 2. The first-order valence-corrected chi connectivity index (χ1v) is 11.3. The van der Waals surface area contributed by atoms with Gasteiger partial charge in [-0.05, 0) is 30.3 Å². The monoisotopic (exact) mass is 506 g/mol. The molecule has 0 aromatic heterocycles. The third-order valence-corrected chi connectivity index (χ3v) is 7.08. The Morgan fingerprint density at radius 1 is 1.09 bits per heavy atom. The van der Waals surface area contributed by atoms with Crippen LogP contribution in [0.2, 0.25) is 0 Å². The summed E-state index contributed by atoms with van der Waals surface area (Å²) in [5.41, 5.74) is -0.904. The predicted octanol–water partition coefficient (Wildman–Crippen LogP) is 4.05. The zero-order valence-electron chi connectivity index (χ0n) is 18.0. The molecule has 184 valence electrons. The molecule has 1 fully saturated rings. The first-order chi connectivity index (χ1) is 15.9. The summed E-state index contributed by atoms with van der Waals surface area (Å²) < 4.78 is 86.5. The first-order valence-electron chi connectivity index (χ1n) is 10.1. The van der Waals surface area contributed by atoms with E-state index >= 15 is 0 Å². The molecule has 0 bridgehead atoms. The largest absolute Gasteiger partial charge is 0.492 e. The molecule has 2 heterocycles. The van der Waals surface area contributed by atoms with Crippen molar-refractivity contribution >= 4 is 33.8 Å². The molecule has 2 aromatic carbocycles. The summed E-state index contributed by atoms with van der Waals surface area (Å²) >= 11 is 0. The molecule has 0 aliphatic carbocycles. The van der Waals surface area contributed by atoms with Gasteiger partial charge in [-0.25, -0.2) is 9.79 Å². The second-order valence-electron chi connectivity index (χ2n) is 7.87. The van der Waals surface area contributed by atoms with Gasteiger partial charge >= 0.3 is 18.3 Å². The highest BCUT2D eigenvalue weighted by atomic mass is 32.2. The number of hydrogen-bond donors (Lipinski definition) is 1. The topological polar surface area (TPSA) is 57.2 Å². The van der Waals surface area contributed by atoms with Gasteiger partial charge in [-0.3, -0.25) is 0 Å². The van der Waals surface area contributed by atoms with Crippen LogP contribution in [0.5, 0.6) is 0 Å². The molecule has 0 radical (unpaired) electrons. The highest BCUT2D eigenvalue weighted by Crippen LogP contribution is 2.49. The van der Waals surface area contributed by atoms with E-state index in [2.05, 4.69) is 10.3 Å². The fourth-order valence-corrected chi connectivity index (χ4v) is 5.40. The van der Waals surface area contributed by atoms with Crippen molar-refractivity contribution in [2.75, 3.05) is 50.1 Å². The molecule has 0 spiro atoms. The van der Waals surface area contributed by atoms with Crippen molar-refractivity contribution in [3.63, 3.8) is 0 Å². The van der Waals surface area contributed by atoms with Crippen LogP contribution in [0.25, 0.3) is 0 Å². The summed E-state index contributed by atoms with van der Waals surface area (Å²) in [5, 5.41) is 3.10. The second kappa shape index (κ2) is 8.77. The molecular weight excluding hydrogens is 486 g/mol. The summed E-state index contributed by atoms with van der Waals surface area (Å²) in [6.45, 7) is 1.88. The summed E-state index contributed by atoms with van der Waals surface area (Å²) in [6.07, 6.45) is -10.1. The molecule has 4 rings (SSSR count). The summed E-state index contributed by atoms with van der Waals surface area (Å²) in [4.78, 5) is 19.1. The quantitative estimate of drug-likeness (QED) is 0.503. The van der Waals surface area contributed by atoms with Gasteiger partial charge < -0.3 is 19.3 Å². The smallest absolute Gasteiger partial charge is 0.388 e. The number of piperazine rings is 1.